The molecular formula is C9H15N3. The van der Waals surface area contributed by atoms with Gasteiger partial charge in [0.25, 0.3) is 0 Å². The summed E-state index contributed by atoms with van der Waals surface area (Å²) in [5, 5.41) is 4.40. The summed E-state index contributed by atoms with van der Waals surface area (Å²) >= 11 is 0. The first-order chi connectivity index (χ1) is 5.83. The second kappa shape index (κ2) is 2.90. The van der Waals surface area contributed by atoms with Gasteiger partial charge in [-0.15, -0.1) is 0 Å². The van der Waals surface area contributed by atoms with Crippen molar-refractivity contribution in [1.82, 2.24) is 9.78 Å². The van der Waals surface area contributed by atoms with Gasteiger partial charge in [0.1, 0.15) is 0 Å². The molecule has 0 bridgehead atoms. The van der Waals surface area contributed by atoms with E-state index in [4.69, 9.17) is 5.73 Å². The van der Waals surface area contributed by atoms with Crippen molar-refractivity contribution in [2.45, 2.75) is 32.2 Å². The summed E-state index contributed by atoms with van der Waals surface area (Å²) in [4.78, 5) is 0. The summed E-state index contributed by atoms with van der Waals surface area (Å²) in [6.07, 6.45) is 4.96. The smallest absolute Gasteiger partial charge is 0.0794 e. The lowest BCUT2D eigenvalue weighted by molar-refractivity contribution is 0.626. The molecule has 0 fully saturated rings. The maximum absolute atomic E-state index is 5.61. The highest BCUT2D eigenvalue weighted by Gasteiger charge is 2.17. The summed E-state index contributed by atoms with van der Waals surface area (Å²) in [5.41, 5.74) is 9.54. The molecule has 0 spiro atoms. The maximum atomic E-state index is 5.61. The average molecular weight is 165 g/mol. The molecular weight excluding hydrogens is 150 g/mol. The fourth-order valence-electron chi connectivity index (χ4n) is 2.02. The van der Waals surface area contributed by atoms with Crippen molar-refractivity contribution < 1.29 is 0 Å². The Bertz CT molecular complexity index is 288. The summed E-state index contributed by atoms with van der Waals surface area (Å²) in [7, 11) is 2.02. The molecule has 0 saturated heterocycles. The van der Waals surface area contributed by atoms with Crippen molar-refractivity contribution in [3.63, 3.8) is 0 Å². The van der Waals surface area contributed by atoms with Crippen LogP contribution in [0, 0.1) is 0 Å². The molecule has 0 radical (unpaired) electrons. The lowest BCUT2D eigenvalue weighted by Crippen LogP contribution is -2.06. The molecule has 3 nitrogen and oxygen atoms in total. The zero-order chi connectivity index (χ0) is 8.55. The molecule has 1 aromatic rings. The number of aryl methyl sites for hydroxylation is 1. The molecule has 66 valence electrons. The van der Waals surface area contributed by atoms with E-state index in [1.807, 2.05) is 11.7 Å². The largest absolute Gasteiger partial charge is 0.325 e. The van der Waals surface area contributed by atoms with Crippen LogP contribution in [0.1, 0.15) is 29.8 Å². The second-order valence-corrected chi connectivity index (χ2v) is 3.41. The number of fused-ring (bicyclic) bond motifs is 1. The first-order valence-corrected chi connectivity index (χ1v) is 4.56. The molecule has 1 aliphatic rings. The zero-order valence-corrected chi connectivity index (χ0v) is 7.51. The van der Waals surface area contributed by atoms with E-state index in [-0.39, 0.29) is 0 Å². The summed E-state index contributed by atoms with van der Waals surface area (Å²) < 4.78 is 2.00. The Labute approximate surface area is 72.6 Å². The van der Waals surface area contributed by atoms with Gasteiger partial charge in [-0.2, -0.15) is 5.10 Å². The molecule has 12 heavy (non-hydrogen) atoms. The number of nitrogens with two attached hydrogens (primary N) is 1. The first-order valence-electron chi connectivity index (χ1n) is 4.56. The van der Waals surface area contributed by atoms with E-state index >= 15 is 0 Å². The van der Waals surface area contributed by atoms with Crippen LogP contribution >= 0.6 is 0 Å². The number of hydrogen-bond donors (Lipinski definition) is 1. The molecule has 1 heterocycles. The Morgan fingerprint density at radius 3 is 2.92 bits per heavy atom. The van der Waals surface area contributed by atoms with Crippen LogP contribution in [0.15, 0.2) is 0 Å². The van der Waals surface area contributed by atoms with Gasteiger partial charge in [-0.25, -0.2) is 0 Å². The van der Waals surface area contributed by atoms with Gasteiger partial charge in [-0.05, 0) is 31.2 Å². The van der Waals surface area contributed by atoms with Crippen LogP contribution in [0.3, 0.4) is 0 Å². The Hall–Kier alpha value is -0.830. The van der Waals surface area contributed by atoms with Crippen LogP contribution in [0.4, 0.5) is 0 Å². The third kappa shape index (κ3) is 1.05. The van der Waals surface area contributed by atoms with E-state index < -0.39 is 0 Å². The Balaban J connectivity index is 2.47. The van der Waals surface area contributed by atoms with Crippen LogP contribution in [0.2, 0.25) is 0 Å². The van der Waals surface area contributed by atoms with Crippen LogP contribution in [-0.2, 0) is 26.4 Å². The summed E-state index contributed by atoms with van der Waals surface area (Å²) in [5.74, 6) is 0. The highest BCUT2D eigenvalue weighted by Crippen LogP contribution is 2.23. The second-order valence-electron chi connectivity index (χ2n) is 3.41. The van der Waals surface area contributed by atoms with E-state index in [1.54, 1.807) is 0 Å². The zero-order valence-electron chi connectivity index (χ0n) is 7.51. The summed E-state index contributed by atoms with van der Waals surface area (Å²) in [6.45, 7) is 0.586. The molecule has 0 atom stereocenters. The molecule has 1 aromatic heterocycles. The average Bonchev–Trinajstić information content (AvgIpc) is 2.44. The van der Waals surface area contributed by atoms with Crippen molar-refractivity contribution in [1.29, 1.82) is 0 Å². The number of nitrogens with zero attached hydrogens (tertiary/aromatic N) is 2. The normalized spacial score (nSPS) is 16.2. The SMILES string of the molecule is Cn1nc(CN)c2c1CCCC2. The monoisotopic (exact) mass is 165 g/mol. The molecule has 2 N–H and O–H groups in total. The van der Waals surface area contributed by atoms with Gasteiger partial charge in [0.15, 0.2) is 0 Å². The standard InChI is InChI=1S/C9H15N3/c1-12-9-5-3-2-4-7(9)8(6-10)11-12/h2-6,10H2,1H3. The molecule has 0 saturated carbocycles. The molecule has 0 aliphatic heterocycles. The van der Waals surface area contributed by atoms with Crippen molar-refractivity contribution in [2.75, 3.05) is 0 Å². The Kier molecular flexibility index (Phi) is 1.89. The van der Waals surface area contributed by atoms with Gasteiger partial charge < -0.3 is 5.73 Å². The van der Waals surface area contributed by atoms with Crippen LogP contribution in [0.5, 0.6) is 0 Å². The fourth-order valence-corrected chi connectivity index (χ4v) is 2.02. The third-order valence-electron chi connectivity index (χ3n) is 2.64. The van der Waals surface area contributed by atoms with Gasteiger partial charge in [-0.3, -0.25) is 4.68 Å². The maximum Gasteiger partial charge on any atom is 0.0794 e. The van der Waals surface area contributed by atoms with Gasteiger partial charge in [0, 0.05) is 19.3 Å². The van der Waals surface area contributed by atoms with Crippen molar-refractivity contribution >= 4 is 0 Å². The quantitative estimate of drug-likeness (QED) is 0.667. The highest BCUT2D eigenvalue weighted by molar-refractivity contribution is 5.28. The van der Waals surface area contributed by atoms with Gasteiger partial charge in [0.2, 0.25) is 0 Å². The Morgan fingerprint density at radius 2 is 2.17 bits per heavy atom. The van der Waals surface area contributed by atoms with E-state index in [0.717, 1.165) is 5.69 Å². The molecule has 0 unspecified atom stereocenters. The van der Waals surface area contributed by atoms with Crippen LogP contribution in [0.25, 0.3) is 0 Å². The predicted octanol–water partition coefficient (Wildman–Crippen LogP) is 0.758. The minimum Gasteiger partial charge on any atom is -0.325 e. The Morgan fingerprint density at radius 1 is 1.42 bits per heavy atom. The lowest BCUT2D eigenvalue weighted by atomic mass is 9.96. The van der Waals surface area contributed by atoms with Crippen molar-refractivity contribution in [3.05, 3.63) is 17.0 Å². The molecule has 0 aromatic carbocycles. The van der Waals surface area contributed by atoms with Gasteiger partial charge in [0.05, 0.1) is 5.69 Å². The lowest BCUT2D eigenvalue weighted by Gasteiger charge is -2.11. The number of hydrogen-bond acceptors (Lipinski definition) is 2. The van der Waals surface area contributed by atoms with Crippen molar-refractivity contribution in [2.24, 2.45) is 12.8 Å². The highest BCUT2D eigenvalue weighted by atomic mass is 15.3. The van der Waals surface area contributed by atoms with E-state index in [9.17, 15) is 0 Å². The predicted molar refractivity (Wildman–Crippen MR) is 47.7 cm³/mol. The summed E-state index contributed by atoms with van der Waals surface area (Å²) in [6, 6.07) is 0. The number of rotatable bonds is 1. The van der Waals surface area contributed by atoms with Gasteiger partial charge >= 0.3 is 0 Å². The number of aromatic nitrogens is 2. The molecule has 1 aliphatic carbocycles. The van der Waals surface area contributed by atoms with Crippen molar-refractivity contribution in [3.8, 4) is 0 Å². The van der Waals surface area contributed by atoms with Gasteiger partial charge in [-0.1, -0.05) is 0 Å². The van der Waals surface area contributed by atoms with E-state index in [0.29, 0.717) is 6.54 Å². The van der Waals surface area contributed by atoms with Crippen LogP contribution in [-0.4, -0.2) is 9.78 Å². The molecule has 2 rings (SSSR count). The van der Waals surface area contributed by atoms with Crippen LogP contribution < -0.4 is 5.73 Å². The minimum absolute atomic E-state index is 0.586. The van der Waals surface area contributed by atoms with E-state index in [2.05, 4.69) is 5.10 Å². The molecule has 3 heteroatoms. The minimum atomic E-state index is 0.586. The van der Waals surface area contributed by atoms with E-state index in [1.165, 1.54) is 36.9 Å². The fraction of sp³-hybridized carbons (Fsp3) is 0.667. The third-order valence-corrected chi connectivity index (χ3v) is 2.64. The topological polar surface area (TPSA) is 43.8 Å². The molecule has 0 amide bonds. The first kappa shape index (κ1) is 7.80.